The smallest absolute Gasteiger partial charge is 0.291 e. The lowest BCUT2D eigenvalue weighted by Crippen LogP contribution is -2.22. The molecule has 0 spiro atoms. The number of carbonyl (C=O) groups excluding carboxylic acids is 1. The molecular formula is C19H19FN2O4S. The second kappa shape index (κ2) is 6.79. The third-order valence-electron chi connectivity index (χ3n) is 4.34. The highest BCUT2D eigenvalue weighted by molar-refractivity contribution is 7.89. The van der Waals surface area contributed by atoms with Gasteiger partial charge in [-0.15, -0.1) is 0 Å². The number of halogens is 1. The molecule has 0 fully saturated rings. The summed E-state index contributed by atoms with van der Waals surface area (Å²) in [6, 6.07) is 8.53. The molecule has 1 N–H and O–H groups in total. The highest BCUT2D eigenvalue weighted by Crippen LogP contribution is 2.28. The van der Waals surface area contributed by atoms with Crippen LogP contribution in [0.5, 0.6) is 0 Å². The summed E-state index contributed by atoms with van der Waals surface area (Å²) in [5.41, 5.74) is 1.96. The van der Waals surface area contributed by atoms with Gasteiger partial charge < -0.3 is 9.73 Å². The molecule has 0 radical (unpaired) electrons. The predicted molar refractivity (Wildman–Crippen MR) is 101 cm³/mol. The van der Waals surface area contributed by atoms with Crippen molar-refractivity contribution in [3.05, 3.63) is 59.1 Å². The minimum Gasteiger partial charge on any atom is -0.451 e. The molecule has 0 bridgehead atoms. The minimum atomic E-state index is -3.63. The van der Waals surface area contributed by atoms with Gasteiger partial charge in [-0.25, -0.2) is 17.1 Å². The fraction of sp³-hybridized carbons (Fsp3) is 0.211. The number of aryl methyl sites for hydroxylation is 2. The van der Waals surface area contributed by atoms with E-state index in [-0.39, 0.29) is 10.7 Å². The maximum Gasteiger partial charge on any atom is 0.291 e. The van der Waals surface area contributed by atoms with Gasteiger partial charge in [-0.1, -0.05) is 6.07 Å². The highest BCUT2D eigenvalue weighted by Gasteiger charge is 2.21. The van der Waals surface area contributed by atoms with Gasteiger partial charge in [0, 0.05) is 30.7 Å². The Kier molecular flexibility index (Phi) is 4.79. The number of fused-ring (bicyclic) bond motifs is 1. The first kappa shape index (κ1) is 19.1. The van der Waals surface area contributed by atoms with E-state index < -0.39 is 21.7 Å². The van der Waals surface area contributed by atoms with Crippen LogP contribution in [-0.4, -0.2) is 32.7 Å². The monoisotopic (exact) mass is 390 g/mol. The lowest BCUT2D eigenvalue weighted by Gasteiger charge is -2.14. The van der Waals surface area contributed by atoms with Crippen LogP contribution in [0.1, 0.15) is 21.7 Å². The highest BCUT2D eigenvalue weighted by atomic mass is 32.2. The Labute approximate surface area is 156 Å². The van der Waals surface area contributed by atoms with Crippen molar-refractivity contribution in [1.29, 1.82) is 0 Å². The Morgan fingerprint density at radius 2 is 1.81 bits per heavy atom. The molecular weight excluding hydrogens is 371 g/mol. The molecule has 0 saturated heterocycles. The molecule has 0 aliphatic carbocycles. The molecule has 27 heavy (non-hydrogen) atoms. The molecule has 6 nitrogen and oxygen atoms in total. The predicted octanol–water partition coefficient (Wildman–Crippen LogP) is 3.69. The first-order valence-electron chi connectivity index (χ1n) is 8.14. The summed E-state index contributed by atoms with van der Waals surface area (Å²) in [6.07, 6.45) is 0. The quantitative estimate of drug-likeness (QED) is 0.737. The van der Waals surface area contributed by atoms with Crippen LogP contribution in [0.25, 0.3) is 11.0 Å². The van der Waals surface area contributed by atoms with Crippen molar-refractivity contribution in [1.82, 2.24) is 4.31 Å². The third kappa shape index (κ3) is 3.45. The van der Waals surface area contributed by atoms with Crippen molar-refractivity contribution in [3.8, 4) is 0 Å². The molecule has 0 aliphatic heterocycles. The number of amides is 1. The number of rotatable bonds is 4. The molecule has 8 heteroatoms. The molecule has 1 heterocycles. The summed E-state index contributed by atoms with van der Waals surface area (Å²) in [5.74, 6) is -0.904. The molecule has 3 aromatic rings. The van der Waals surface area contributed by atoms with E-state index in [4.69, 9.17) is 4.42 Å². The largest absolute Gasteiger partial charge is 0.451 e. The standard InChI is InChI=1S/C19H19FN2O4S/c1-11-5-7-14(27(24,25)22(3)4)10-16(11)21-19(23)18-12(2)15-9-13(20)6-8-17(15)26-18/h5-10H,1-4H3,(H,21,23). The van der Waals surface area contributed by atoms with E-state index in [2.05, 4.69) is 5.32 Å². The van der Waals surface area contributed by atoms with Gasteiger partial charge in [0.15, 0.2) is 5.76 Å². The van der Waals surface area contributed by atoms with Crippen molar-refractivity contribution in [2.75, 3.05) is 19.4 Å². The average molecular weight is 390 g/mol. The number of anilines is 1. The fourth-order valence-corrected chi connectivity index (χ4v) is 3.62. The Bertz CT molecular complexity index is 1150. The average Bonchev–Trinajstić information content (AvgIpc) is 2.93. The Hall–Kier alpha value is -2.71. The minimum absolute atomic E-state index is 0.0517. The van der Waals surface area contributed by atoms with Gasteiger partial charge in [-0.2, -0.15) is 0 Å². The molecule has 0 unspecified atom stereocenters. The number of nitrogens with zero attached hydrogens (tertiary/aromatic N) is 1. The van der Waals surface area contributed by atoms with E-state index >= 15 is 0 Å². The SMILES string of the molecule is Cc1ccc(S(=O)(=O)N(C)C)cc1NC(=O)c1oc2ccc(F)cc2c1C. The molecule has 0 aliphatic rings. The lowest BCUT2D eigenvalue weighted by molar-refractivity contribution is 0.0997. The molecule has 142 valence electrons. The molecule has 0 atom stereocenters. The molecule has 1 amide bonds. The molecule has 2 aromatic carbocycles. The van der Waals surface area contributed by atoms with Gasteiger partial charge in [0.25, 0.3) is 5.91 Å². The summed E-state index contributed by atoms with van der Waals surface area (Å²) in [5, 5.41) is 3.20. The van der Waals surface area contributed by atoms with Gasteiger partial charge >= 0.3 is 0 Å². The number of benzene rings is 2. The number of sulfonamides is 1. The zero-order valence-electron chi connectivity index (χ0n) is 15.3. The second-order valence-electron chi connectivity index (χ2n) is 6.41. The number of hydrogen-bond acceptors (Lipinski definition) is 4. The molecule has 3 rings (SSSR count). The van der Waals surface area contributed by atoms with Crippen LogP contribution in [0, 0.1) is 19.7 Å². The van der Waals surface area contributed by atoms with E-state index in [1.165, 1.54) is 44.4 Å². The molecule has 0 saturated carbocycles. The van der Waals surface area contributed by atoms with Gasteiger partial charge in [-0.05, 0) is 49.7 Å². The maximum absolute atomic E-state index is 13.4. The van der Waals surface area contributed by atoms with Crippen molar-refractivity contribution < 1.29 is 22.0 Å². The normalized spacial score (nSPS) is 11.9. The summed E-state index contributed by atoms with van der Waals surface area (Å²) in [6.45, 7) is 3.42. The van der Waals surface area contributed by atoms with Gasteiger partial charge in [0.2, 0.25) is 10.0 Å². The Balaban J connectivity index is 1.98. The molecule has 1 aromatic heterocycles. The first-order chi connectivity index (χ1) is 12.6. The Morgan fingerprint density at radius 3 is 2.48 bits per heavy atom. The summed E-state index contributed by atoms with van der Waals surface area (Å²) in [7, 11) is -0.763. The summed E-state index contributed by atoms with van der Waals surface area (Å²) >= 11 is 0. The summed E-state index contributed by atoms with van der Waals surface area (Å²) < 4.78 is 44.7. The van der Waals surface area contributed by atoms with E-state index in [1.54, 1.807) is 19.9 Å². The van der Waals surface area contributed by atoms with Crippen LogP contribution in [0.4, 0.5) is 10.1 Å². The third-order valence-corrected chi connectivity index (χ3v) is 6.15. The van der Waals surface area contributed by atoms with Gasteiger partial charge in [-0.3, -0.25) is 4.79 Å². The number of furan rings is 1. The number of carbonyl (C=O) groups is 1. The lowest BCUT2D eigenvalue weighted by atomic mass is 10.1. The van der Waals surface area contributed by atoms with Crippen molar-refractivity contribution >= 4 is 32.6 Å². The number of nitrogens with one attached hydrogen (secondary N) is 1. The van der Waals surface area contributed by atoms with Crippen LogP contribution in [0.15, 0.2) is 45.7 Å². The second-order valence-corrected chi connectivity index (χ2v) is 8.57. The zero-order valence-corrected chi connectivity index (χ0v) is 16.1. The zero-order chi connectivity index (χ0) is 19.9. The van der Waals surface area contributed by atoms with E-state index in [1.807, 2.05) is 0 Å². The van der Waals surface area contributed by atoms with E-state index in [9.17, 15) is 17.6 Å². The topological polar surface area (TPSA) is 79.6 Å². The van der Waals surface area contributed by atoms with Crippen molar-refractivity contribution in [2.24, 2.45) is 0 Å². The van der Waals surface area contributed by atoms with E-state index in [0.717, 1.165) is 4.31 Å². The summed E-state index contributed by atoms with van der Waals surface area (Å²) in [4.78, 5) is 12.7. The van der Waals surface area contributed by atoms with E-state index in [0.29, 0.717) is 27.8 Å². The Morgan fingerprint density at radius 1 is 1.11 bits per heavy atom. The van der Waals surface area contributed by atoms with Crippen LogP contribution >= 0.6 is 0 Å². The maximum atomic E-state index is 13.4. The van der Waals surface area contributed by atoms with Crippen LogP contribution in [0.2, 0.25) is 0 Å². The van der Waals surface area contributed by atoms with Crippen LogP contribution < -0.4 is 5.32 Å². The van der Waals surface area contributed by atoms with Crippen LogP contribution in [0.3, 0.4) is 0 Å². The van der Waals surface area contributed by atoms with Gasteiger partial charge in [0.05, 0.1) is 4.90 Å². The van der Waals surface area contributed by atoms with Gasteiger partial charge in [0.1, 0.15) is 11.4 Å². The van der Waals surface area contributed by atoms with Crippen LogP contribution in [-0.2, 0) is 10.0 Å². The fourth-order valence-electron chi connectivity index (χ4n) is 2.70. The van der Waals surface area contributed by atoms with Crippen molar-refractivity contribution in [3.63, 3.8) is 0 Å². The first-order valence-corrected chi connectivity index (χ1v) is 9.58. The van der Waals surface area contributed by atoms with Crippen molar-refractivity contribution in [2.45, 2.75) is 18.7 Å². The number of hydrogen-bond donors (Lipinski definition) is 1.